The van der Waals surface area contributed by atoms with Crippen molar-refractivity contribution in [1.82, 2.24) is 9.80 Å². The molecule has 0 unspecified atom stereocenters. The third kappa shape index (κ3) is 4.94. The van der Waals surface area contributed by atoms with Crippen LogP contribution in [-0.4, -0.2) is 55.5 Å². The Morgan fingerprint density at radius 2 is 1.75 bits per heavy atom. The second-order valence-electron chi connectivity index (χ2n) is 5.10. The molecule has 1 saturated heterocycles. The molecule has 1 aliphatic rings. The van der Waals surface area contributed by atoms with Crippen molar-refractivity contribution in [3.8, 4) is 0 Å². The predicted octanol–water partition coefficient (Wildman–Crippen LogP) is 2.57. The molecule has 1 aliphatic heterocycles. The standard InChI is InChI=1S/C14H19Cl2N3O/c1-18-4-6-19(7-5-18)3-2-14(20)17-13-9-11(15)8-12(16)10-13/h8-10H,2-7H2,1H3,(H,17,20). The minimum absolute atomic E-state index is 0.0118. The quantitative estimate of drug-likeness (QED) is 0.927. The zero-order valence-corrected chi connectivity index (χ0v) is 13.0. The molecule has 1 aromatic rings. The van der Waals surface area contributed by atoms with Gasteiger partial charge >= 0.3 is 0 Å². The summed E-state index contributed by atoms with van der Waals surface area (Å²) in [5, 5.41) is 3.87. The van der Waals surface area contributed by atoms with Gasteiger partial charge in [-0.3, -0.25) is 4.79 Å². The fraction of sp³-hybridized carbons (Fsp3) is 0.500. The molecule has 4 nitrogen and oxygen atoms in total. The molecule has 0 bridgehead atoms. The second kappa shape index (κ2) is 7.27. The van der Waals surface area contributed by atoms with Crippen molar-refractivity contribution in [1.29, 1.82) is 0 Å². The van der Waals surface area contributed by atoms with E-state index in [0.29, 0.717) is 22.2 Å². The summed E-state index contributed by atoms with van der Waals surface area (Å²) in [6.45, 7) is 4.95. The summed E-state index contributed by atoms with van der Waals surface area (Å²) in [6.07, 6.45) is 0.480. The van der Waals surface area contributed by atoms with Crippen molar-refractivity contribution in [2.75, 3.05) is 45.1 Å². The van der Waals surface area contributed by atoms with E-state index in [4.69, 9.17) is 23.2 Å². The summed E-state index contributed by atoms with van der Waals surface area (Å²) in [6, 6.07) is 5.03. The van der Waals surface area contributed by atoms with Gasteiger partial charge in [0.25, 0.3) is 0 Å². The van der Waals surface area contributed by atoms with Crippen molar-refractivity contribution >= 4 is 34.8 Å². The van der Waals surface area contributed by atoms with Crippen LogP contribution in [0, 0.1) is 0 Å². The van der Waals surface area contributed by atoms with Gasteiger partial charge in [0.2, 0.25) is 5.91 Å². The average Bonchev–Trinajstić information content (AvgIpc) is 2.37. The lowest BCUT2D eigenvalue weighted by molar-refractivity contribution is -0.116. The molecule has 0 spiro atoms. The van der Waals surface area contributed by atoms with Gasteiger partial charge in [-0.05, 0) is 25.2 Å². The lowest BCUT2D eigenvalue weighted by atomic mass is 10.2. The smallest absolute Gasteiger partial charge is 0.225 e. The average molecular weight is 316 g/mol. The zero-order valence-electron chi connectivity index (χ0n) is 11.5. The highest BCUT2D eigenvalue weighted by molar-refractivity contribution is 6.35. The molecule has 2 rings (SSSR count). The van der Waals surface area contributed by atoms with Crippen LogP contribution in [0.25, 0.3) is 0 Å². The molecule has 1 heterocycles. The van der Waals surface area contributed by atoms with Crippen LogP contribution in [0.5, 0.6) is 0 Å². The second-order valence-corrected chi connectivity index (χ2v) is 5.97. The van der Waals surface area contributed by atoms with Crippen LogP contribution in [-0.2, 0) is 4.79 Å². The number of nitrogens with zero attached hydrogens (tertiary/aromatic N) is 2. The SMILES string of the molecule is CN1CCN(CCC(=O)Nc2cc(Cl)cc(Cl)c2)CC1. The molecule has 0 aliphatic carbocycles. The normalized spacial score (nSPS) is 17.1. The molecule has 20 heavy (non-hydrogen) atoms. The van der Waals surface area contributed by atoms with Crippen LogP contribution in [0.15, 0.2) is 18.2 Å². The number of likely N-dealkylation sites (N-methyl/N-ethyl adjacent to an activating group) is 1. The van der Waals surface area contributed by atoms with Crippen LogP contribution in [0.1, 0.15) is 6.42 Å². The van der Waals surface area contributed by atoms with Gasteiger partial charge in [0.15, 0.2) is 0 Å². The molecular formula is C14H19Cl2N3O. The molecule has 6 heteroatoms. The summed E-state index contributed by atoms with van der Waals surface area (Å²) < 4.78 is 0. The lowest BCUT2D eigenvalue weighted by Crippen LogP contribution is -2.45. The van der Waals surface area contributed by atoms with Gasteiger partial charge in [0, 0.05) is 54.9 Å². The molecule has 0 aromatic heterocycles. The zero-order chi connectivity index (χ0) is 14.5. The van der Waals surface area contributed by atoms with E-state index in [9.17, 15) is 4.79 Å². The first-order valence-corrected chi connectivity index (χ1v) is 7.45. The number of piperazine rings is 1. The Balaban J connectivity index is 1.77. The number of anilines is 1. The molecule has 0 saturated carbocycles. The van der Waals surface area contributed by atoms with Gasteiger partial charge in [0.05, 0.1) is 0 Å². The van der Waals surface area contributed by atoms with Crippen LogP contribution < -0.4 is 5.32 Å². The maximum absolute atomic E-state index is 11.9. The summed E-state index contributed by atoms with van der Waals surface area (Å²) in [5.74, 6) is -0.0118. The van der Waals surface area contributed by atoms with Crippen LogP contribution in [0.2, 0.25) is 10.0 Å². The minimum atomic E-state index is -0.0118. The maximum atomic E-state index is 11.9. The molecule has 1 aromatic carbocycles. The van der Waals surface area contributed by atoms with Crippen molar-refractivity contribution < 1.29 is 4.79 Å². The molecule has 1 N–H and O–H groups in total. The first-order valence-electron chi connectivity index (χ1n) is 6.70. The molecule has 0 radical (unpaired) electrons. The Labute approximate surface area is 129 Å². The summed E-state index contributed by atoms with van der Waals surface area (Å²) in [5.41, 5.74) is 0.644. The number of carbonyl (C=O) groups excluding carboxylic acids is 1. The van der Waals surface area contributed by atoms with E-state index >= 15 is 0 Å². The summed E-state index contributed by atoms with van der Waals surface area (Å²) >= 11 is 11.8. The van der Waals surface area contributed by atoms with E-state index in [1.54, 1.807) is 18.2 Å². The number of rotatable bonds is 4. The molecule has 0 atom stereocenters. The Morgan fingerprint density at radius 3 is 2.35 bits per heavy atom. The molecular weight excluding hydrogens is 297 g/mol. The number of halogens is 2. The monoisotopic (exact) mass is 315 g/mol. The van der Waals surface area contributed by atoms with Gasteiger partial charge in [-0.15, -0.1) is 0 Å². The number of hydrogen-bond acceptors (Lipinski definition) is 3. The van der Waals surface area contributed by atoms with Crippen molar-refractivity contribution in [2.45, 2.75) is 6.42 Å². The van der Waals surface area contributed by atoms with E-state index in [1.165, 1.54) is 0 Å². The predicted molar refractivity (Wildman–Crippen MR) is 83.6 cm³/mol. The molecule has 1 fully saturated rings. The first kappa shape index (κ1) is 15.6. The first-order chi connectivity index (χ1) is 9.52. The topological polar surface area (TPSA) is 35.6 Å². The Bertz CT molecular complexity index is 453. The number of carbonyl (C=O) groups is 1. The Kier molecular flexibility index (Phi) is 5.66. The van der Waals surface area contributed by atoms with Crippen LogP contribution in [0.3, 0.4) is 0 Å². The van der Waals surface area contributed by atoms with E-state index < -0.39 is 0 Å². The van der Waals surface area contributed by atoms with Crippen molar-refractivity contribution in [2.24, 2.45) is 0 Å². The Morgan fingerprint density at radius 1 is 1.15 bits per heavy atom. The minimum Gasteiger partial charge on any atom is -0.326 e. The fourth-order valence-electron chi connectivity index (χ4n) is 2.18. The van der Waals surface area contributed by atoms with Gasteiger partial charge in [-0.2, -0.15) is 0 Å². The molecule has 110 valence electrons. The van der Waals surface area contributed by atoms with E-state index in [-0.39, 0.29) is 5.91 Å². The number of amides is 1. The van der Waals surface area contributed by atoms with E-state index in [1.807, 2.05) is 0 Å². The maximum Gasteiger partial charge on any atom is 0.225 e. The van der Waals surface area contributed by atoms with Gasteiger partial charge in [-0.1, -0.05) is 23.2 Å². The highest BCUT2D eigenvalue weighted by atomic mass is 35.5. The van der Waals surface area contributed by atoms with Crippen molar-refractivity contribution in [3.05, 3.63) is 28.2 Å². The number of nitrogens with one attached hydrogen (secondary N) is 1. The fourth-order valence-corrected chi connectivity index (χ4v) is 2.71. The summed E-state index contributed by atoms with van der Waals surface area (Å²) in [7, 11) is 2.12. The third-order valence-corrected chi connectivity index (χ3v) is 3.83. The van der Waals surface area contributed by atoms with Crippen LogP contribution in [0.4, 0.5) is 5.69 Å². The van der Waals surface area contributed by atoms with Gasteiger partial charge in [-0.25, -0.2) is 0 Å². The van der Waals surface area contributed by atoms with E-state index in [0.717, 1.165) is 32.7 Å². The molecule has 1 amide bonds. The highest BCUT2D eigenvalue weighted by Gasteiger charge is 2.14. The third-order valence-electron chi connectivity index (χ3n) is 3.40. The van der Waals surface area contributed by atoms with Gasteiger partial charge < -0.3 is 15.1 Å². The lowest BCUT2D eigenvalue weighted by Gasteiger charge is -2.32. The number of benzene rings is 1. The number of hydrogen-bond donors (Lipinski definition) is 1. The summed E-state index contributed by atoms with van der Waals surface area (Å²) in [4.78, 5) is 16.5. The largest absolute Gasteiger partial charge is 0.326 e. The van der Waals surface area contributed by atoms with Gasteiger partial charge in [0.1, 0.15) is 0 Å². The van der Waals surface area contributed by atoms with E-state index in [2.05, 4.69) is 22.2 Å². The van der Waals surface area contributed by atoms with Crippen molar-refractivity contribution in [3.63, 3.8) is 0 Å². The Hall–Kier alpha value is -0.810. The highest BCUT2D eigenvalue weighted by Crippen LogP contribution is 2.22. The van der Waals surface area contributed by atoms with Crippen LogP contribution >= 0.6 is 23.2 Å².